The zero-order chi connectivity index (χ0) is 33.4. The van der Waals surface area contributed by atoms with Crippen LogP contribution < -0.4 is 0 Å². The predicted octanol–water partition coefficient (Wildman–Crippen LogP) is 8.39. The number of rotatable bonds is 7. The molecule has 2 aromatic carbocycles. The summed E-state index contributed by atoms with van der Waals surface area (Å²) in [6.45, 7) is 4.56. The molecule has 2 bridgehead atoms. The number of nitrogens with zero attached hydrogens (tertiary/aromatic N) is 1. The number of fused-ring (bicyclic) bond motifs is 4. The van der Waals surface area contributed by atoms with Gasteiger partial charge < -0.3 is 15.3 Å². The Morgan fingerprint density at radius 3 is 2.33 bits per heavy atom. The first-order chi connectivity index (χ1) is 23.8. The van der Waals surface area contributed by atoms with E-state index in [2.05, 4.69) is 72.5 Å². The van der Waals surface area contributed by atoms with E-state index in [1.807, 2.05) is 0 Å². The largest absolute Gasteiger partial charge is 0.393 e. The van der Waals surface area contributed by atoms with E-state index in [4.69, 9.17) is 0 Å². The van der Waals surface area contributed by atoms with Crippen molar-refractivity contribution in [1.82, 2.24) is 4.90 Å². The number of hydrogen-bond donors (Lipinski definition) is 3. The van der Waals surface area contributed by atoms with Crippen LogP contribution >= 0.6 is 0 Å². The van der Waals surface area contributed by atoms with E-state index in [9.17, 15) is 15.3 Å². The highest BCUT2D eigenvalue weighted by Gasteiger charge is 2.71. The molecule has 14 atom stereocenters. The highest BCUT2D eigenvalue weighted by molar-refractivity contribution is 5.23. The lowest BCUT2D eigenvalue weighted by molar-refractivity contribution is -0.205. The van der Waals surface area contributed by atoms with Gasteiger partial charge in [-0.25, -0.2) is 0 Å². The molecule has 7 aliphatic rings. The Morgan fingerprint density at radius 2 is 1.51 bits per heavy atom. The molecule has 2 heterocycles. The molecule has 266 valence electrons. The van der Waals surface area contributed by atoms with Gasteiger partial charge in [-0.3, -0.25) is 4.90 Å². The Hall–Kier alpha value is -1.72. The van der Waals surface area contributed by atoms with Gasteiger partial charge in [0, 0.05) is 19.1 Å². The quantitative estimate of drug-likeness (QED) is 0.278. The summed E-state index contributed by atoms with van der Waals surface area (Å²) in [5, 5.41) is 35.0. The van der Waals surface area contributed by atoms with Crippen LogP contribution in [-0.4, -0.2) is 57.2 Å². The van der Waals surface area contributed by atoms with E-state index < -0.39 is 5.60 Å². The third kappa shape index (κ3) is 5.43. The zero-order valence-electron chi connectivity index (χ0n) is 30.1. The lowest BCUT2D eigenvalue weighted by Gasteiger charge is -2.65. The number of benzene rings is 2. The van der Waals surface area contributed by atoms with Crippen LogP contribution in [0.15, 0.2) is 60.7 Å². The maximum Gasteiger partial charge on any atom is 0.0805 e. The summed E-state index contributed by atoms with van der Waals surface area (Å²) in [5.41, 5.74) is 2.87. The SMILES string of the molecule is CC1(O)C2CCC3C(CC4C56CCCC34CC(O)C5CC(O)CC6)C2CN2CC(CCC(CCc3ccccc3)c3ccccc3)CCC21. The molecule has 14 unspecified atom stereocenters. The topological polar surface area (TPSA) is 63.9 Å². The molecule has 2 saturated heterocycles. The van der Waals surface area contributed by atoms with Crippen LogP contribution in [0.4, 0.5) is 0 Å². The van der Waals surface area contributed by atoms with Crippen molar-refractivity contribution in [2.45, 2.75) is 139 Å². The molecule has 2 aliphatic heterocycles. The van der Waals surface area contributed by atoms with Gasteiger partial charge in [0.2, 0.25) is 0 Å². The van der Waals surface area contributed by atoms with Crippen molar-refractivity contribution in [3.63, 3.8) is 0 Å². The van der Waals surface area contributed by atoms with E-state index in [0.717, 1.165) is 45.1 Å². The van der Waals surface area contributed by atoms with Gasteiger partial charge in [0.25, 0.3) is 0 Å². The molecule has 3 N–H and O–H groups in total. The van der Waals surface area contributed by atoms with Crippen LogP contribution in [0.25, 0.3) is 0 Å². The smallest absolute Gasteiger partial charge is 0.0805 e. The van der Waals surface area contributed by atoms with Gasteiger partial charge in [-0.15, -0.1) is 0 Å². The normalized spacial score (nSPS) is 46.4. The highest BCUT2D eigenvalue weighted by Crippen LogP contribution is 2.76. The van der Waals surface area contributed by atoms with Crippen molar-refractivity contribution in [3.8, 4) is 0 Å². The van der Waals surface area contributed by atoms with Gasteiger partial charge in [-0.1, -0.05) is 67.1 Å². The van der Waals surface area contributed by atoms with Gasteiger partial charge in [0.1, 0.15) is 0 Å². The first kappa shape index (κ1) is 33.1. The second kappa shape index (κ2) is 12.7. The van der Waals surface area contributed by atoms with Crippen molar-refractivity contribution in [2.75, 3.05) is 13.1 Å². The van der Waals surface area contributed by atoms with E-state index >= 15 is 0 Å². The number of piperidine rings is 2. The number of hydrogen-bond acceptors (Lipinski definition) is 4. The minimum atomic E-state index is -0.614. The lowest BCUT2D eigenvalue weighted by atomic mass is 9.40. The molecule has 0 radical (unpaired) electrons. The van der Waals surface area contributed by atoms with E-state index in [1.54, 1.807) is 0 Å². The fourth-order valence-corrected chi connectivity index (χ4v) is 15.1. The Bertz CT molecular complexity index is 1450. The summed E-state index contributed by atoms with van der Waals surface area (Å²) >= 11 is 0. The van der Waals surface area contributed by atoms with Gasteiger partial charge >= 0.3 is 0 Å². The standard InChI is InChI=1S/C45H63NO3/c1-43(49)37-18-19-38-35(26-41-44-22-8-23-45(38,41)27-40(48)39(44)25-34(47)21-24-44)36(37)29-46-28-31(15-20-42(43)46)14-17-33(32-11-6-3-7-12-32)16-13-30-9-4-2-5-10-30/h2-7,9-12,31,33-42,47-49H,8,13-29H2,1H3. The minimum Gasteiger partial charge on any atom is -0.393 e. The number of aliphatic hydroxyl groups is 3. The monoisotopic (exact) mass is 665 g/mol. The molecule has 9 rings (SSSR count). The summed E-state index contributed by atoms with van der Waals surface area (Å²) < 4.78 is 0. The van der Waals surface area contributed by atoms with Crippen LogP contribution in [0, 0.1) is 52.3 Å². The van der Waals surface area contributed by atoms with Crippen molar-refractivity contribution in [2.24, 2.45) is 52.3 Å². The summed E-state index contributed by atoms with van der Waals surface area (Å²) in [6, 6.07) is 22.6. The third-order valence-corrected chi connectivity index (χ3v) is 17.0. The molecule has 5 aliphatic carbocycles. The maximum absolute atomic E-state index is 12.5. The lowest BCUT2D eigenvalue weighted by Crippen LogP contribution is -2.67. The van der Waals surface area contributed by atoms with Crippen LogP contribution in [0.5, 0.6) is 0 Å². The minimum absolute atomic E-state index is 0.225. The van der Waals surface area contributed by atoms with Crippen LogP contribution in [0.3, 0.4) is 0 Å². The molecule has 4 nitrogen and oxygen atoms in total. The number of aryl methyl sites for hydroxylation is 1. The fraction of sp³-hybridized carbons (Fsp3) is 0.733. The maximum atomic E-state index is 12.5. The van der Waals surface area contributed by atoms with Crippen molar-refractivity contribution < 1.29 is 15.3 Å². The Balaban J connectivity index is 0.921. The summed E-state index contributed by atoms with van der Waals surface area (Å²) in [7, 11) is 0. The summed E-state index contributed by atoms with van der Waals surface area (Å²) in [5.74, 6) is 4.69. The molecule has 1 spiro atoms. The molecule has 5 saturated carbocycles. The van der Waals surface area contributed by atoms with Gasteiger partial charge in [-0.2, -0.15) is 0 Å². The van der Waals surface area contributed by atoms with Crippen LogP contribution in [0.1, 0.15) is 120 Å². The second-order valence-electron chi connectivity index (χ2n) is 18.9. The Kier molecular flexibility index (Phi) is 8.62. The first-order valence-electron chi connectivity index (χ1n) is 20.7. The molecule has 4 heteroatoms. The van der Waals surface area contributed by atoms with E-state index in [1.165, 1.54) is 81.9 Å². The zero-order valence-corrected chi connectivity index (χ0v) is 30.1. The van der Waals surface area contributed by atoms with Crippen molar-refractivity contribution in [3.05, 3.63) is 71.8 Å². The molecule has 0 amide bonds. The van der Waals surface area contributed by atoms with E-state index in [0.29, 0.717) is 58.8 Å². The van der Waals surface area contributed by atoms with Crippen molar-refractivity contribution in [1.29, 1.82) is 0 Å². The first-order valence-corrected chi connectivity index (χ1v) is 20.7. The van der Waals surface area contributed by atoms with Crippen LogP contribution in [-0.2, 0) is 6.42 Å². The van der Waals surface area contributed by atoms with Crippen molar-refractivity contribution >= 4 is 0 Å². The molecule has 7 fully saturated rings. The van der Waals surface area contributed by atoms with E-state index in [-0.39, 0.29) is 17.6 Å². The highest BCUT2D eigenvalue weighted by atomic mass is 16.3. The second-order valence-corrected chi connectivity index (χ2v) is 18.9. The summed E-state index contributed by atoms with van der Waals surface area (Å²) in [4.78, 5) is 2.80. The summed E-state index contributed by atoms with van der Waals surface area (Å²) in [6.07, 6.45) is 18.3. The molecule has 0 aromatic heterocycles. The van der Waals surface area contributed by atoms with Gasteiger partial charge in [0.15, 0.2) is 0 Å². The predicted molar refractivity (Wildman–Crippen MR) is 196 cm³/mol. The fourth-order valence-electron chi connectivity index (χ4n) is 15.1. The van der Waals surface area contributed by atoms with Gasteiger partial charge in [-0.05, 0) is 173 Å². The van der Waals surface area contributed by atoms with Crippen LogP contribution in [0.2, 0.25) is 0 Å². The number of aliphatic hydroxyl groups excluding tert-OH is 2. The molecule has 2 aromatic rings. The molecule has 49 heavy (non-hydrogen) atoms. The average molecular weight is 666 g/mol. The third-order valence-electron chi connectivity index (χ3n) is 17.0. The van der Waals surface area contributed by atoms with Gasteiger partial charge in [0.05, 0.1) is 17.8 Å². The Labute approximate surface area is 296 Å². The molecular weight excluding hydrogens is 602 g/mol. The average Bonchev–Trinajstić information content (AvgIpc) is 3.46. The Morgan fingerprint density at radius 1 is 0.755 bits per heavy atom. The molecular formula is C45H63NO3.